The molecule has 1 aliphatic heterocycles. The van der Waals surface area contributed by atoms with Crippen molar-refractivity contribution in [3.05, 3.63) is 47.7 Å². The Hall–Kier alpha value is -2.10. The average Bonchev–Trinajstić information content (AvgIpc) is 2.53. The molecule has 2 heterocycles. The lowest BCUT2D eigenvalue weighted by molar-refractivity contribution is 0.390. The molecule has 0 bridgehead atoms. The lowest BCUT2D eigenvalue weighted by Gasteiger charge is -2.33. The van der Waals surface area contributed by atoms with Crippen LogP contribution in [0.25, 0.3) is 0 Å². The van der Waals surface area contributed by atoms with Crippen LogP contribution in [0.1, 0.15) is 30.5 Å². The first-order valence-corrected chi connectivity index (χ1v) is 8.11. The van der Waals surface area contributed by atoms with E-state index in [2.05, 4.69) is 45.2 Å². The summed E-state index contributed by atoms with van der Waals surface area (Å²) in [5.74, 6) is 2.08. The second-order valence-corrected chi connectivity index (χ2v) is 6.20. The van der Waals surface area contributed by atoms with E-state index < -0.39 is 0 Å². The molecule has 0 spiro atoms. The van der Waals surface area contributed by atoms with Gasteiger partial charge in [-0.1, -0.05) is 30.3 Å². The standard InChI is InChI=1S/C18H24N4/c1-14-12-17(21-18(19)20-14)22-11-5-8-16(13-22)10-9-15-6-3-2-4-7-15/h2-4,6-7,12,16H,5,8-11,13H2,1H3,(H2,19,20,21)/t16-/m1/s1. The van der Waals surface area contributed by atoms with Crippen molar-refractivity contribution in [2.75, 3.05) is 23.7 Å². The van der Waals surface area contributed by atoms with E-state index >= 15 is 0 Å². The predicted octanol–water partition coefficient (Wildman–Crippen LogP) is 3.22. The Morgan fingerprint density at radius 3 is 2.82 bits per heavy atom. The van der Waals surface area contributed by atoms with Gasteiger partial charge in [0.2, 0.25) is 5.95 Å². The summed E-state index contributed by atoms with van der Waals surface area (Å²) in [5, 5.41) is 0. The van der Waals surface area contributed by atoms with Gasteiger partial charge in [0.05, 0.1) is 0 Å². The molecular formula is C18H24N4. The zero-order chi connectivity index (χ0) is 15.4. The highest BCUT2D eigenvalue weighted by Gasteiger charge is 2.21. The van der Waals surface area contributed by atoms with E-state index in [1.54, 1.807) is 0 Å². The Morgan fingerprint density at radius 1 is 1.23 bits per heavy atom. The summed E-state index contributed by atoms with van der Waals surface area (Å²) in [4.78, 5) is 10.9. The van der Waals surface area contributed by atoms with Gasteiger partial charge in [0.15, 0.2) is 0 Å². The van der Waals surface area contributed by atoms with E-state index in [1.807, 2.05) is 13.0 Å². The molecule has 0 radical (unpaired) electrons. The quantitative estimate of drug-likeness (QED) is 0.941. The molecule has 0 amide bonds. The van der Waals surface area contributed by atoms with Crippen LogP contribution in [0.15, 0.2) is 36.4 Å². The summed E-state index contributed by atoms with van der Waals surface area (Å²) in [6.45, 7) is 4.11. The Bertz CT molecular complexity index is 591. The first-order valence-electron chi connectivity index (χ1n) is 8.11. The van der Waals surface area contributed by atoms with Crippen LogP contribution >= 0.6 is 0 Å². The number of piperidine rings is 1. The molecule has 1 aromatic heterocycles. The highest BCUT2D eigenvalue weighted by atomic mass is 15.2. The van der Waals surface area contributed by atoms with E-state index in [9.17, 15) is 0 Å². The molecule has 22 heavy (non-hydrogen) atoms. The molecule has 2 N–H and O–H groups in total. The Kier molecular flexibility index (Phi) is 4.56. The highest BCUT2D eigenvalue weighted by molar-refractivity contribution is 5.43. The Labute approximate surface area is 132 Å². The molecule has 0 unspecified atom stereocenters. The van der Waals surface area contributed by atoms with Crippen molar-refractivity contribution >= 4 is 11.8 Å². The van der Waals surface area contributed by atoms with Gasteiger partial charge < -0.3 is 10.6 Å². The first-order chi connectivity index (χ1) is 10.7. The van der Waals surface area contributed by atoms with Crippen molar-refractivity contribution in [1.82, 2.24) is 9.97 Å². The zero-order valence-corrected chi connectivity index (χ0v) is 13.2. The van der Waals surface area contributed by atoms with E-state index in [1.165, 1.54) is 24.8 Å². The number of anilines is 2. The number of hydrogen-bond acceptors (Lipinski definition) is 4. The van der Waals surface area contributed by atoms with Crippen molar-refractivity contribution in [2.24, 2.45) is 5.92 Å². The van der Waals surface area contributed by atoms with Gasteiger partial charge in [0, 0.05) is 24.8 Å². The summed E-state index contributed by atoms with van der Waals surface area (Å²) in [5.41, 5.74) is 8.16. The fourth-order valence-electron chi connectivity index (χ4n) is 3.26. The van der Waals surface area contributed by atoms with E-state index in [0.29, 0.717) is 5.95 Å². The number of hydrogen-bond donors (Lipinski definition) is 1. The van der Waals surface area contributed by atoms with Crippen LogP contribution in [0.2, 0.25) is 0 Å². The van der Waals surface area contributed by atoms with Crippen LogP contribution in [-0.2, 0) is 6.42 Å². The summed E-state index contributed by atoms with van der Waals surface area (Å²) < 4.78 is 0. The Morgan fingerprint density at radius 2 is 2.05 bits per heavy atom. The van der Waals surface area contributed by atoms with Gasteiger partial charge in [-0.2, -0.15) is 4.98 Å². The lowest BCUT2D eigenvalue weighted by Crippen LogP contribution is -2.36. The van der Waals surface area contributed by atoms with Gasteiger partial charge >= 0.3 is 0 Å². The predicted molar refractivity (Wildman–Crippen MR) is 90.9 cm³/mol. The summed E-state index contributed by atoms with van der Waals surface area (Å²) in [6, 6.07) is 12.8. The second kappa shape index (κ2) is 6.77. The molecule has 0 saturated carbocycles. The largest absolute Gasteiger partial charge is 0.368 e. The van der Waals surface area contributed by atoms with Gasteiger partial charge in [0.1, 0.15) is 5.82 Å². The van der Waals surface area contributed by atoms with Gasteiger partial charge in [-0.3, -0.25) is 0 Å². The minimum atomic E-state index is 0.376. The molecular weight excluding hydrogens is 272 g/mol. The third kappa shape index (κ3) is 3.75. The van der Waals surface area contributed by atoms with Gasteiger partial charge in [-0.05, 0) is 44.1 Å². The summed E-state index contributed by atoms with van der Waals surface area (Å²) in [7, 11) is 0. The first kappa shape index (κ1) is 14.8. The molecule has 1 aliphatic rings. The van der Waals surface area contributed by atoms with Crippen LogP contribution in [0, 0.1) is 12.8 Å². The molecule has 116 valence electrons. The normalized spacial score (nSPS) is 18.4. The number of rotatable bonds is 4. The summed E-state index contributed by atoms with van der Waals surface area (Å²) >= 11 is 0. The van der Waals surface area contributed by atoms with Crippen LogP contribution in [0.5, 0.6) is 0 Å². The van der Waals surface area contributed by atoms with E-state index in [-0.39, 0.29) is 0 Å². The fraction of sp³-hybridized carbons (Fsp3) is 0.444. The lowest BCUT2D eigenvalue weighted by atomic mass is 9.91. The van der Waals surface area contributed by atoms with Crippen molar-refractivity contribution in [1.29, 1.82) is 0 Å². The number of benzene rings is 1. The molecule has 1 saturated heterocycles. The van der Waals surface area contributed by atoms with Crippen molar-refractivity contribution in [3.8, 4) is 0 Å². The van der Waals surface area contributed by atoms with Gasteiger partial charge in [-0.25, -0.2) is 4.98 Å². The molecule has 1 aromatic carbocycles. The highest BCUT2D eigenvalue weighted by Crippen LogP contribution is 2.25. The summed E-state index contributed by atoms with van der Waals surface area (Å²) in [6.07, 6.45) is 4.93. The van der Waals surface area contributed by atoms with Crippen LogP contribution in [0.4, 0.5) is 11.8 Å². The molecule has 4 nitrogen and oxygen atoms in total. The molecule has 4 heteroatoms. The van der Waals surface area contributed by atoms with Crippen molar-refractivity contribution in [3.63, 3.8) is 0 Å². The topological polar surface area (TPSA) is 55.0 Å². The average molecular weight is 296 g/mol. The maximum Gasteiger partial charge on any atom is 0.222 e. The van der Waals surface area contributed by atoms with Crippen molar-refractivity contribution < 1.29 is 0 Å². The van der Waals surface area contributed by atoms with Crippen LogP contribution < -0.4 is 10.6 Å². The maximum atomic E-state index is 5.79. The smallest absolute Gasteiger partial charge is 0.222 e. The SMILES string of the molecule is Cc1cc(N2CCC[C@H](CCc3ccccc3)C2)nc(N)n1. The number of aromatic nitrogens is 2. The number of nitrogens with zero attached hydrogens (tertiary/aromatic N) is 3. The van der Waals surface area contributed by atoms with Gasteiger partial charge in [0.25, 0.3) is 0 Å². The molecule has 3 rings (SSSR count). The number of nitrogen functional groups attached to an aromatic ring is 1. The monoisotopic (exact) mass is 296 g/mol. The minimum absolute atomic E-state index is 0.376. The van der Waals surface area contributed by atoms with Crippen LogP contribution in [-0.4, -0.2) is 23.1 Å². The Balaban J connectivity index is 1.61. The number of nitrogens with two attached hydrogens (primary N) is 1. The zero-order valence-electron chi connectivity index (χ0n) is 13.2. The van der Waals surface area contributed by atoms with Crippen LogP contribution in [0.3, 0.4) is 0 Å². The fourth-order valence-corrected chi connectivity index (χ4v) is 3.26. The third-order valence-corrected chi connectivity index (χ3v) is 4.39. The minimum Gasteiger partial charge on any atom is -0.368 e. The van der Waals surface area contributed by atoms with E-state index in [0.717, 1.165) is 36.9 Å². The maximum absolute atomic E-state index is 5.79. The third-order valence-electron chi connectivity index (χ3n) is 4.39. The molecule has 2 aromatic rings. The molecule has 1 atom stereocenters. The second-order valence-electron chi connectivity index (χ2n) is 6.20. The van der Waals surface area contributed by atoms with Gasteiger partial charge in [-0.15, -0.1) is 0 Å². The number of aryl methyl sites for hydroxylation is 2. The van der Waals surface area contributed by atoms with E-state index in [4.69, 9.17) is 5.73 Å². The molecule has 0 aliphatic carbocycles. The van der Waals surface area contributed by atoms with Crippen molar-refractivity contribution in [2.45, 2.75) is 32.6 Å². The molecule has 1 fully saturated rings.